The number of rotatable bonds is 5. The summed E-state index contributed by atoms with van der Waals surface area (Å²) in [6.07, 6.45) is 1.74. The molecule has 2 aromatic carbocycles. The van der Waals surface area contributed by atoms with Crippen LogP contribution in [0.5, 0.6) is 0 Å². The molecule has 2 heterocycles. The number of hydrogen-bond donors (Lipinski definition) is 2. The lowest BCUT2D eigenvalue weighted by atomic mass is 10.1. The molecule has 9 heteroatoms. The highest BCUT2D eigenvalue weighted by atomic mass is 32.2. The molecule has 0 spiro atoms. The van der Waals surface area contributed by atoms with Crippen LogP contribution in [-0.2, 0) is 14.8 Å². The summed E-state index contributed by atoms with van der Waals surface area (Å²) in [6.45, 7) is -0.683. The molecule has 0 fully saturated rings. The monoisotopic (exact) mass is 388 g/mol. The van der Waals surface area contributed by atoms with Gasteiger partial charge in [0.25, 0.3) is 0 Å². The molecule has 2 N–H and O–H groups in total. The maximum Gasteiger partial charge on any atom is 0.318 e. The van der Waals surface area contributed by atoms with Gasteiger partial charge in [0, 0.05) is 34.0 Å². The Morgan fingerprint density at radius 2 is 2.00 bits per heavy atom. The Bertz CT molecular complexity index is 1230. The summed E-state index contributed by atoms with van der Waals surface area (Å²) in [5, 5.41) is 13.1. The van der Waals surface area contributed by atoms with E-state index in [0.29, 0.717) is 11.2 Å². The van der Waals surface area contributed by atoms with Crippen LogP contribution in [-0.4, -0.2) is 31.0 Å². The molecular weight excluding hydrogens is 376 g/mol. The predicted octanol–water partition coefficient (Wildman–Crippen LogP) is 3.07. The number of fused-ring (bicyclic) bond motifs is 3. The van der Waals surface area contributed by atoms with E-state index < -0.39 is 22.5 Å². The summed E-state index contributed by atoms with van der Waals surface area (Å²) in [5.41, 5.74) is 2.00. The van der Waals surface area contributed by atoms with E-state index in [2.05, 4.69) is 4.98 Å². The third kappa shape index (κ3) is 2.96. The lowest BCUT2D eigenvalue weighted by molar-refractivity contribution is -0.135. The summed E-state index contributed by atoms with van der Waals surface area (Å²) in [5.74, 6) is -1.26. The van der Waals surface area contributed by atoms with Crippen molar-refractivity contribution in [3.63, 3.8) is 0 Å². The molecule has 0 aliphatic carbocycles. The van der Waals surface area contributed by atoms with Gasteiger partial charge in [-0.25, -0.2) is 13.4 Å². The zero-order chi connectivity index (χ0) is 18.3. The topological polar surface area (TPSA) is 110 Å². The van der Waals surface area contributed by atoms with Gasteiger partial charge in [0.2, 0.25) is 10.0 Å². The van der Waals surface area contributed by atoms with Crippen LogP contribution in [0, 0.1) is 0 Å². The largest absolute Gasteiger partial charge is 0.480 e. The first kappa shape index (κ1) is 16.7. The molecule has 0 unspecified atom stereocenters. The highest BCUT2D eigenvalue weighted by Gasteiger charge is 2.18. The van der Waals surface area contributed by atoms with Crippen LogP contribution in [0.15, 0.2) is 57.3 Å². The number of sulfonamides is 1. The van der Waals surface area contributed by atoms with Crippen molar-refractivity contribution in [2.45, 2.75) is 4.90 Å². The maximum absolute atomic E-state index is 12.2. The van der Waals surface area contributed by atoms with E-state index in [0.717, 1.165) is 21.3 Å². The molecule has 0 amide bonds. The van der Waals surface area contributed by atoms with Crippen molar-refractivity contribution >= 4 is 49.3 Å². The number of furan rings is 1. The molecule has 0 atom stereocenters. The highest BCUT2D eigenvalue weighted by molar-refractivity contribution is 7.89. The fraction of sp³-hybridized carbons (Fsp3) is 0.0588. The van der Waals surface area contributed by atoms with Crippen LogP contribution >= 0.6 is 11.3 Å². The van der Waals surface area contributed by atoms with E-state index in [-0.39, 0.29) is 4.90 Å². The van der Waals surface area contributed by atoms with Gasteiger partial charge in [0.15, 0.2) is 0 Å². The minimum Gasteiger partial charge on any atom is -0.480 e. The number of carbonyl (C=O) groups is 1. The number of nitrogens with one attached hydrogen (secondary N) is 1. The van der Waals surface area contributed by atoms with Crippen molar-refractivity contribution in [2.24, 2.45) is 0 Å². The van der Waals surface area contributed by atoms with Crippen molar-refractivity contribution < 1.29 is 22.7 Å². The fourth-order valence-electron chi connectivity index (χ4n) is 2.66. The summed E-state index contributed by atoms with van der Waals surface area (Å²) in [7, 11) is -3.93. The van der Waals surface area contributed by atoms with Gasteiger partial charge in [0.1, 0.15) is 22.7 Å². The first-order chi connectivity index (χ1) is 12.4. The fourth-order valence-corrected chi connectivity index (χ4v) is 4.29. The molecule has 0 saturated heterocycles. The van der Waals surface area contributed by atoms with E-state index in [1.54, 1.807) is 12.3 Å². The van der Waals surface area contributed by atoms with Gasteiger partial charge < -0.3 is 9.52 Å². The minimum absolute atomic E-state index is 0.0505. The van der Waals surface area contributed by atoms with Gasteiger partial charge in [-0.3, -0.25) is 4.79 Å². The third-order valence-corrected chi connectivity index (χ3v) is 6.07. The molecule has 0 radical (unpaired) electrons. The Labute approximate surface area is 152 Å². The normalized spacial score (nSPS) is 12.0. The zero-order valence-corrected chi connectivity index (χ0v) is 14.8. The van der Waals surface area contributed by atoms with Gasteiger partial charge >= 0.3 is 5.97 Å². The van der Waals surface area contributed by atoms with Crippen molar-refractivity contribution in [3.8, 4) is 10.6 Å². The van der Waals surface area contributed by atoms with Crippen molar-refractivity contribution in [3.05, 3.63) is 48.0 Å². The SMILES string of the molecule is O=C(O)CNS(=O)(=O)c1ccc2c(c1)oc1ccc(-c3nccs3)cc12. The lowest BCUT2D eigenvalue weighted by Crippen LogP contribution is -2.29. The molecular formula is C17H12N2O5S2. The number of hydrogen-bond acceptors (Lipinski definition) is 6. The van der Waals surface area contributed by atoms with E-state index in [4.69, 9.17) is 9.52 Å². The molecule has 4 aromatic rings. The lowest BCUT2D eigenvalue weighted by Gasteiger charge is -2.04. The summed E-state index contributed by atoms with van der Waals surface area (Å²) in [4.78, 5) is 14.8. The van der Waals surface area contributed by atoms with E-state index in [1.165, 1.54) is 23.5 Å². The van der Waals surface area contributed by atoms with Crippen LogP contribution in [0.1, 0.15) is 0 Å². The molecule has 132 valence electrons. The summed E-state index contributed by atoms with van der Waals surface area (Å²) in [6, 6.07) is 10.2. The molecule has 2 aromatic heterocycles. The summed E-state index contributed by atoms with van der Waals surface area (Å²) < 4.78 is 32.1. The van der Waals surface area contributed by atoms with E-state index in [9.17, 15) is 13.2 Å². The first-order valence-corrected chi connectivity index (χ1v) is 9.88. The number of carboxylic acids is 1. The number of thiazole rings is 1. The first-order valence-electron chi connectivity index (χ1n) is 7.52. The summed E-state index contributed by atoms with van der Waals surface area (Å²) >= 11 is 1.53. The Morgan fingerprint density at radius 3 is 2.73 bits per heavy atom. The van der Waals surface area contributed by atoms with E-state index in [1.807, 2.05) is 28.3 Å². The zero-order valence-electron chi connectivity index (χ0n) is 13.2. The van der Waals surface area contributed by atoms with Gasteiger partial charge in [-0.05, 0) is 30.3 Å². The van der Waals surface area contributed by atoms with Crippen molar-refractivity contribution in [1.82, 2.24) is 9.71 Å². The van der Waals surface area contributed by atoms with E-state index >= 15 is 0 Å². The van der Waals surface area contributed by atoms with Gasteiger partial charge in [-0.2, -0.15) is 4.72 Å². The van der Waals surface area contributed by atoms with Crippen LogP contribution < -0.4 is 4.72 Å². The number of nitrogens with zero attached hydrogens (tertiary/aromatic N) is 1. The maximum atomic E-state index is 12.2. The molecule has 0 aliphatic rings. The molecule has 0 bridgehead atoms. The van der Waals surface area contributed by atoms with Gasteiger partial charge in [-0.1, -0.05) is 0 Å². The van der Waals surface area contributed by atoms with Crippen molar-refractivity contribution in [2.75, 3.05) is 6.54 Å². The number of carboxylic acid groups (broad SMARTS) is 1. The third-order valence-electron chi connectivity index (χ3n) is 3.85. The van der Waals surface area contributed by atoms with Crippen LogP contribution in [0.4, 0.5) is 0 Å². The molecule has 0 aliphatic heterocycles. The Balaban J connectivity index is 1.80. The standard InChI is InChI=1S/C17H12N2O5S2/c20-16(21)9-19-26(22,23)11-2-3-12-13-7-10(17-18-5-6-25-17)1-4-14(13)24-15(12)8-11/h1-8,19H,9H2,(H,20,21). The smallest absolute Gasteiger partial charge is 0.318 e. The Kier molecular flexibility index (Phi) is 3.98. The molecule has 26 heavy (non-hydrogen) atoms. The highest BCUT2D eigenvalue weighted by Crippen LogP contribution is 2.33. The second-order valence-corrected chi connectivity index (χ2v) is 8.19. The molecule has 7 nitrogen and oxygen atoms in total. The number of benzene rings is 2. The Morgan fingerprint density at radius 1 is 1.15 bits per heavy atom. The quantitative estimate of drug-likeness (QED) is 0.544. The van der Waals surface area contributed by atoms with Crippen molar-refractivity contribution in [1.29, 1.82) is 0 Å². The minimum atomic E-state index is -3.93. The second-order valence-electron chi connectivity index (χ2n) is 5.53. The van der Waals surface area contributed by atoms with Gasteiger partial charge in [-0.15, -0.1) is 11.3 Å². The van der Waals surface area contributed by atoms with Crippen LogP contribution in [0.25, 0.3) is 32.5 Å². The second kappa shape index (κ2) is 6.20. The average molecular weight is 388 g/mol. The molecule has 0 saturated carbocycles. The average Bonchev–Trinajstić information content (AvgIpc) is 3.26. The number of aliphatic carboxylic acids is 1. The predicted molar refractivity (Wildman–Crippen MR) is 97.7 cm³/mol. The van der Waals surface area contributed by atoms with Crippen LogP contribution in [0.3, 0.4) is 0 Å². The van der Waals surface area contributed by atoms with Gasteiger partial charge in [0.05, 0.1) is 4.90 Å². The number of aromatic nitrogens is 1. The Hall–Kier alpha value is -2.75. The van der Waals surface area contributed by atoms with Crippen LogP contribution in [0.2, 0.25) is 0 Å². The molecule has 4 rings (SSSR count).